The predicted molar refractivity (Wildman–Crippen MR) is 70.5 cm³/mol. The Hall–Kier alpha value is -1.83. The van der Waals surface area contributed by atoms with E-state index < -0.39 is 18.1 Å². The zero-order valence-corrected chi connectivity index (χ0v) is 11.6. The molecule has 0 radical (unpaired) electrons. The molecule has 3 fully saturated rings. The first-order valence-electron chi connectivity index (χ1n) is 7.23. The molecule has 3 aliphatic rings. The van der Waals surface area contributed by atoms with Crippen molar-refractivity contribution in [3.05, 3.63) is 0 Å². The van der Waals surface area contributed by atoms with Crippen LogP contribution in [-0.2, 0) is 9.59 Å². The summed E-state index contributed by atoms with van der Waals surface area (Å²) < 4.78 is 0. The number of hydrogen-bond acceptors (Lipinski definition) is 4. The lowest BCUT2D eigenvalue weighted by molar-refractivity contribution is -0.141. The van der Waals surface area contributed by atoms with Crippen molar-refractivity contribution in [2.24, 2.45) is 0 Å². The second-order valence-corrected chi connectivity index (χ2v) is 5.90. The number of aliphatic carboxylic acids is 1. The number of nitrogens with zero attached hydrogens (tertiary/aromatic N) is 3. The van der Waals surface area contributed by atoms with Gasteiger partial charge in [0.05, 0.1) is 6.10 Å². The van der Waals surface area contributed by atoms with Gasteiger partial charge in [-0.1, -0.05) is 0 Å². The van der Waals surface area contributed by atoms with Crippen LogP contribution in [-0.4, -0.2) is 87.2 Å². The van der Waals surface area contributed by atoms with Crippen molar-refractivity contribution < 1.29 is 24.6 Å². The fourth-order valence-corrected chi connectivity index (χ4v) is 3.48. The van der Waals surface area contributed by atoms with Crippen LogP contribution in [0.3, 0.4) is 0 Å². The van der Waals surface area contributed by atoms with E-state index in [0.29, 0.717) is 26.1 Å². The molecule has 3 heterocycles. The topological polar surface area (TPSA) is 101 Å². The molecule has 3 atom stereocenters. The van der Waals surface area contributed by atoms with Gasteiger partial charge in [0.15, 0.2) is 0 Å². The molecule has 0 saturated carbocycles. The van der Waals surface area contributed by atoms with Gasteiger partial charge in [-0.25, -0.2) is 9.59 Å². The number of carbonyl (C=O) groups excluding carboxylic acids is 2. The highest BCUT2D eigenvalue weighted by Crippen LogP contribution is 2.25. The van der Waals surface area contributed by atoms with Crippen molar-refractivity contribution in [3.63, 3.8) is 0 Å². The molecule has 3 aliphatic heterocycles. The number of urea groups is 1. The lowest BCUT2D eigenvalue weighted by Crippen LogP contribution is -2.57. The van der Waals surface area contributed by atoms with E-state index in [1.807, 2.05) is 0 Å². The molecule has 0 aliphatic carbocycles. The van der Waals surface area contributed by atoms with Crippen LogP contribution in [0, 0.1) is 0 Å². The Kier molecular flexibility index (Phi) is 3.48. The van der Waals surface area contributed by atoms with E-state index in [1.54, 1.807) is 9.80 Å². The van der Waals surface area contributed by atoms with Crippen LogP contribution < -0.4 is 0 Å². The minimum Gasteiger partial charge on any atom is -0.480 e. The summed E-state index contributed by atoms with van der Waals surface area (Å²) in [6, 6.07) is -1.26. The van der Waals surface area contributed by atoms with Crippen LogP contribution in [0.15, 0.2) is 0 Å². The Bertz CT molecular complexity index is 482. The molecule has 116 valence electrons. The number of aliphatic hydroxyl groups is 1. The molecule has 2 N–H and O–H groups in total. The van der Waals surface area contributed by atoms with Crippen LogP contribution >= 0.6 is 0 Å². The SMILES string of the molecule is O=C(O)[C@@H]1C[C@H](O)CN1C(=O)N1CCN2C(=O)CCC2C1. The highest BCUT2D eigenvalue weighted by atomic mass is 16.4. The number of piperazine rings is 1. The number of carboxylic acid groups (broad SMARTS) is 1. The summed E-state index contributed by atoms with van der Waals surface area (Å²) in [5.74, 6) is -0.957. The molecular formula is C13H19N3O5. The molecule has 0 spiro atoms. The lowest BCUT2D eigenvalue weighted by atomic mass is 10.1. The minimum absolute atomic E-state index is 0.0472. The quantitative estimate of drug-likeness (QED) is 0.642. The van der Waals surface area contributed by atoms with Gasteiger partial charge in [-0.2, -0.15) is 0 Å². The second-order valence-electron chi connectivity index (χ2n) is 5.90. The normalized spacial score (nSPS) is 32.5. The molecule has 3 saturated heterocycles. The van der Waals surface area contributed by atoms with E-state index in [2.05, 4.69) is 0 Å². The van der Waals surface area contributed by atoms with E-state index in [-0.39, 0.29) is 30.9 Å². The van der Waals surface area contributed by atoms with Crippen LogP contribution in [0.5, 0.6) is 0 Å². The first-order valence-corrected chi connectivity index (χ1v) is 7.23. The van der Waals surface area contributed by atoms with E-state index in [4.69, 9.17) is 5.11 Å². The molecular weight excluding hydrogens is 278 g/mol. The van der Waals surface area contributed by atoms with E-state index in [1.165, 1.54) is 4.90 Å². The van der Waals surface area contributed by atoms with Crippen molar-refractivity contribution in [1.29, 1.82) is 0 Å². The van der Waals surface area contributed by atoms with Gasteiger partial charge < -0.3 is 24.9 Å². The van der Waals surface area contributed by atoms with Crippen molar-refractivity contribution in [1.82, 2.24) is 14.7 Å². The Morgan fingerprint density at radius 2 is 1.95 bits per heavy atom. The average molecular weight is 297 g/mol. The molecule has 0 aromatic heterocycles. The van der Waals surface area contributed by atoms with Crippen molar-refractivity contribution in [2.75, 3.05) is 26.2 Å². The summed E-state index contributed by atoms with van der Waals surface area (Å²) in [4.78, 5) is 40.0. The third-order valence-electron chi connectivity index (χ3n) is 4.57. The lowest BCUT2D eigenvalue weighted by Gasteiger charge is -2.39. The van der Waals surface area contributed by atoms with E-state index >= 15 is 0 Å². The molecule has 21 heavy (non-hydrogen) atoms. The van der Waals surface area contributed by atoms with E-state index in [0.717, 1.165) is 6.42 Å². The number of β-amino-alcohol motifs (C(OH)–C–C–N with tert-alkyl or cyclic N) is 1. The maximum atomic E-state index is 12.5. The number of hydrogen-bond donors (Lipinski definition) is 2. The Balaban J connectivity index is 1.68. The molecule has 8 heteroatoms. The highest BCUT2D eigenvalue weighted by molar-refractivity contribution is 5.84. The molecule has 0 aromatic carbocycles. The van der Waals surface area contributed by atoms with Gasteiger partial charge in [0, 0.05) is 45.1 Å². The largest absolute Gasteiger partial charge is 0.480 e. The van der Waals surface area contributed by atoms with Crippen molar-refractivity contribution >= 4 is 17.9 Å². The van der Waals surface area contributed by atoms with Gasteiger partial charge >= 0.3 is 12.0 Å². The third-order valence-corrected chi connectivity index (χ3v) is 4.57. The Morgan fingerprint density at radius 3 is 2.67 bits per heavy atom. The van der Waals surface area contributed by atoms with Gasteiger partial charge in [-0.15, -0.1) is 0 Å². The second kappa shape index (κ2) is 5.18. The monoisotopic (exact) mass is 297 g/mol. The zero-order valence-electron chi connectivity index (χ0n) is 11.6. The van der Waals surface area contributed by atoms with Crippen molar-refractivity contribution in [2.45, 2.75) is 37.5 Å². The van der Waals surface area contributed by atoms with Gasteiger partial charge in [0.2, 0.25) is 5.91 Å². The first kappa shape index (κ1) is 14.1. The number of carbonyl (C=O) groups is 3. The molecule has 0 aromatic rings. The fraction of sp³-hybridized carbons (Fsp3) is 0.769. The predicted octanol–water partition coefficient (Wildman–Crippen LogP) is -1.07. The standard InChI is InChI=1S/C13H19N3O5/c17-9-5-10(12(19)20)16(7-9)13(21)14-3-4-15-8(6-14)1-2-11(15)18/h8-10,17H,1-7H2,(H,19,20)/t8?,9-,10-/m0/s1. The number of likely N-dealkylation sites (tertiary alicyclic amines) is 1. The summed E-state index contributed by atoms with van der Waals surface area (Å²) in [5, 5.41) is 18.8. The molecule has 3 amide bonds. The molecule has 8 nitrogen and oxygen atoms in total. The number of aliphatic hydroxyl groups excluding tert-OH is 1. The summed E-state index contributed by atoms with van der Waals surface area (Å²) in [6.07, 6.45) is 0.549. The Morgan fingerprint density at radius 1 is 1.19 bits per heavy atom. The smallest absolute Gasteiger partial charge is 0.326 e. The summed E-state index contributed by atoms with van der Waals surface area (Å²) in [6.45, 7) is 1.42. The first-order chi connectivity index (χ1) is 9.97. The highest BCUT2D eigenvalue weighted by Gasteiger charge is 2.43. The fourth-order valence-electron chi connectivity index (χ4n) is 3.48. The number of amides is 3. The van der Waals surface area contributed by atoms with Crippen LogP contribution in [0.4, 0.5) is 4.79 Å². The van der Waals surface area contributed by atoms with Crippen molar-refractivity contribution in [3.8, 4) is 0 Å². The summed E-state index contributed by atoms with van der Waals surface area (Å²) >= 11 is 0. The van der Waals surface area contributed by atoms with Crippen LogP contribution in [0.1, 0.15) is 19.3 Å². The summed E-state index contributed by atoms with van der Waals surface area (Å²) in [7, 11) is 0. The average Bonchev–Trinajstić information content (AvgIpc) is 3.01. The van der Waals surface area contributed by atoms with Crippen LogP contribution in [0.25, 0.3) is 0 Å². The van der Waals surface area contributed by atoms with Crippen LogP contribution in [0.2, 0.25) is 0 Å². The maximum absolute atomic E-state index is 12.5. The third kappa shape index (κ3) is 2.44. The van der Waals surface area contributed by atoms with Gasteiger partial charge in [-0.05, 0) is 6.42 Å². The van der Waals surface area contributed by atoms with Gasteiger partial charge in [-0.3, -0.25) is 4.79 Å². The van der Waals surface area contributed by atoms with Gasteiger partial charge in [0.25, 0.3) is 0 Å². The maximum Gasteiger partial charge on any atom is 0.326 e. The summed E-state index contributed by atoms with van der Waals surface area (Å²) in [5.41, 5.74) is 0. The Labute approximate surface area is 121 Å². The number of rotatable bonds is 1. The number of carboxylic acids is 1. The van der Waals surface area contributed by atoms with E-state index in [9.17, 15) is 19.5 Å². The minimum atomic E-state index is -1.09. The molecule has 0 bridgehead atoms. The van der Waals surface area contributed by atoms with Gasteiger partial charge in [0.1, 0.15) is 6.04 Å². The molecule has 1 unspecified atom stereocenters. The molecule has 3 rings (SSSR count). The number of fused-ring (bicyclic) bond motifs is 1. The zero-order chi connectivity index (χ0) is 15.1.